The Morgan fingerprint density at radius 3 is 2.42 bits per heavy atom. The largest absolute Gasteiger partial charge is 0.372 e. The minimum absolute atomic E-state index is 0.166. The molecule has 3 saturated heterocycles. The summed E-state index contributed by atoms with van der Waals surface area (Å²) in [5.74, 6) is 1.03. The van der Waals surface area contributed by atoms with Gasteiger partial charge in [0.15, 0.2) is 0 Å². The molecule has 8 nitrogen and oxygen atoms in total. The molecule has 0 saturated carbocycles. The highest BCUT2D eigenvalue weighted by molar-refractivity contribution is 6.01. The lowest BCUT2D eigenvalue weighted by Crippen LogP contribution is -2.41. The van der Waals surface area contributed by atoms with Gasteiger partial charge in [0.05, 0.1) is 5.92 Å². The van der Waals surface area contributed by atoms with Gasteiger partial charge < -0.3 is 9.80 Å². The van der Waals surface area contributed by atoms with Crippen molar-refractivity contribution in [1.29, 1.82) is 0 Å². The van der Waals surface area contributed by atoms with E-state index in [1.807, 2.05) is 12.1 Å². The Hall–Kier alpha value is -2.57. The molecule has 2 amide bonds. The van der Waals surface area contributed by atoms with Crippen LogP contribution in [0.5, 0.6) is 0 Å². The van der Waals surface area contributed by atoms with Crippen LogP contribution in [-0.2, 0) is 9.59 Å². The van der Waals surface area contributed by atoms with Gasteiger partial charge in [-0.25, -0.2) is 0 Å². The second-order valence-electron chi connectivity index (χ2n) is 9.06. The monoisotopic (exact) mass is 424 g/mol. The lowest BCUT2D eigenvalue weighted by molar-refractivity contribution is -0.134. The molecule has 166 valence electrons. The molecule has 1 atom stereocenters. The topological polar surface area (TPSA) is 101 Å². The lowest BCUT2D eigenvalue weighted by atomic mass is 9.78. The number of imide groups is 1. The van der Waals surface area contributed by atoms with Crippen LogP contribution in [0.15, 0.2) is 29.4 Å². The molecule has 1 aromatic carbocycles. The van der Waals surface area contributed by atoms with Crippen molar-refractivity contribution in [2.45, 2.75) is 44.4 Å². The fourth-order valence-corrected chi connectivity index (χ4v) is 5.46. The Balaban J connectivity index is 1.28. The molecule has 3 aliphatic rings. The molecule has 0 radical (unpaired) electrons. The normalized spacial score (nSPS) is 24.0. The second-order valence-corrected chi connectivity index (χ2v) is 9.06. The predicted molar refractivity (Wildman–Crippen MR) is 120 cm³/mol. The van der Waals surface area contributed by atoms with Gasteiger partial charge in [-0.05, 0) is 80.3 Å². The lowest BCUT2D eigenvalue weighted by Gasteiger charge is -2.41. The summed E-state index contributed by atoms with van der Waals surface area (Å²) in [6.45, 7) is 5.77. The van der Waals surface area contributed by atoms with E-state index in [2.05, 4.69) is 37.3 Å². The highest BCUT2D eigenvalue weighted by Gasteiger charge is 2.31. The molecular weight excluding hydrogens is 392 g/mol. The molecule has 31 heavy (non-hydrogen) atoms. The highest BCUT2D eigenvalue weighted by Crippen LogP contribution is 2.35. The number of nitrogens with zero attached hydrogens (tertiary/aromatic N) is 5. The van der Waals surface area contributed by atoms with E-state index in [-0.39, 0.29) is 17.7 Å². The Bertz CT molecular complexity index is 836. The Kier molecular flexibility index (Phi) is 7.10. The van der Waals surface area contributed by atoms with Crippen LogP contribution in [0.1, 0.15) is 50.0 Å². The van der Waals surface area contributed by atoms with Crippen molar-refractivity contribution < 1.29 is 9.59 Å². The van der Waals surface area contributed by atoms with Crippen molar-refractivity contribution in [3.8, 4) is 0 Å². The van der Waals surface area contributed by atoms with Gasteiger partial charge in [-0.2, -0.15) is 0 Å². The number of hydrogen-bond acceptors (Lipinski definition) is 5. The molecule has 3 heterocycles. The first kappa shape index (κ1) is 21.7. The molecule has 0 spiro atoms. The summed E-state index contributed by atoms with van der Waals surface area (Å²) in [6, 6.07) is 8.32. The molecule has 0 bridgehead atoms. The first-order valence-corrected chi connectivity index (χ1v) is 11.6. The number of hydrogen-bond donors (Lipinski definition) is 1. The van der Waals surface area contributed by atoms with Crippen molar-refractivity contribution in [3.63, 3.8) is 0 Å². The van der Waals surface area contributed by atoms with Crippen molar-refractivity contribution in [2.75, 3.05) is 44.2 Å². The number of likely N-dealkylation sites (tertiary alicyclic amines) is 1. The van der Waals surface area contributed by atoms with Crippen molar-refractivity contribution >= 4 is 17.5 Å². The molecule has 8 heteroatoms. The fourth-order valence-electron chi connectivity index (χ4n) is 5.46. The highest BCUT2D eigenvalue weighted by atomic mass is 16.2. The predicted octanol–water partition coefficient (Wildman–Crippen LogP) is 3.45. The standard InChI is InChI=1S/C23H32N6O2/c24-27-25-10-15-28-11-6-17(7-12-28)18-8-13-29(14-9-18)20-3-1-2-19(16-20)21-4-5-22(30)26-23(21)31/h1-3,16-18,21H,4-15H2,(H,26,30,31). The van der Waals surface area contributed by atoms with Crippen LogP contribution in [0.4, 0.5) is 5.69 Å². The molecule has 1 unspecified atom stereocenters. The number of azide groups is 1. The second kappa shape index (κ2) is 10.2. The van der Waals surface area contributed by atoms with Gasteiger partial charge in [-0.1, -0.05) is 17.2 Å². The average Bonchev–Trinajstić information content (AvgIpc) is 2.80. The van der Waals surface area contributed by atoms with E-state index < -0.39 is 0 Å². The van der Waals surface area contributed by atoms with Gasteiger partial charge in [-0.15, -0.1) is 0 Å². The third kappa shape index (κ3) is 5.38. The Morgan fingerprint density at radius 2 is 1.74 bits per heavy atom. The number of rotatable bonds is 6. The molecule has 4 rings (SSSR count). The van der Waals surface area contributed by atoms with Crippen LogP contribution < -0.4 is 10.2 Å². The molecule has 0 aromatic heterocycles. The summed E-state index contributed by atoms with van der Waals surface area (Å²) in [4.78, 5) is 31.4. The van der Waals surface area contributed by atoms with Crippen LogP contribution in [0.3, 0.4) is 0 Å². The molecule has 3 fully saturated rings. The number of amides is 2. The first-order valence-electron chi connectivity index (χ1n) is 11.6. The van der Waals surface area contributed by atoms with Crippen molar-refractivity contribution in [3.05, 3.63) is 40.3 Å². The van der Waals surface area contributed by atoms with Gasteiger partial charge in [0, 0.05) is 43.2 Å². The maximum atomic E-state index is 12.2. The summed E-state index contributed by atoms with van der Waals surface area (Å²) in [5.41, 5.74) is 10.6. The minimum atomic E-state index is -0.223. The zero-order valence-corrected chi connectivity index (χ0v) is 18.1. The van der Waals surface area contributed by atoms with Crippen molar-refractivity contribution in [2.24, 2.45) is 17.0 Å². The number of benzene rings is 1. The molecule has 1 aromatic rings. The van der Waals surface area contributed by atoms with E-state index in [9.17, 15) is 9.59 Å². The van der Waals surface area contributed by atoms with E-state index in [1.54, 1.807) is 0 Å². The molecular formula is C23H32N6O2. The number of carbonyl (C=O) groups is 2. The van der Waals surface area contributed by atoms with Crippen LogP contribution in [-0.4, -0.2) is 56.0 Å². The van der Waals surface area contributed by atoms with E-state index in [4.69, 9.17) is 5.53 Å². The zero-order valence-electron chi connectivity index (χ0n) is 18.1. The number of nitrogens with one attached hydrogen (secondary N) is 1. The molecule has 3 aliphatic heterocycles. The minimum Gasteiger partial charge on any atom is -0.372 e. The van der Waals surface area contributed by atoms with E-state index in [1.165, 1.54) is 31.4 Å². The summed E-state index contributed by atoms with van der Waals surface area (Å²) in [5, 5.41) is 6.12. The van der Waals surface area contributed by atoms with Crippen LogP contribution in [0.2, 0.25) is 0 Å². The number of carbonyl (C=O) groups excluding carboxylic acids is 2. The van der Waals surface area contributed by atoms with Gasteiger partial charge in [-0.3, -0.25) is 14.9 Å². The third-order valence-electron chi connectivity index (χ3n) is 7.29. The Morgan fingerprint density at radius 1 is 1.03 bits per heavy atom. The van der Waals surface area contributed by atoms with Gasteiger partial charge in [0.25, 0.3) is 0 Å². The zero-order chi connectivity index (χ0) is 21.6. The fraction of sp³-hybridized carbons (Fsp3) is 0.652. The van der Waals surface area contributed by atoms with Crippen LogP contribution >= 0.6 is 0 Å². The van der Waals surface area contributed by atoms with E-state index in [0.29, 0.717) is 19.4 Å². The SMILES string of the molecule is [N-]=[N+]=NCCN1CCC(C2CCN(c3cccc(C4CCC(=O)NC4=O)c3)CC2)CC1. The van der Waals surface area contributed by atoms with Gasteiger partial charge >= 0.3 is 0 Å². The quantitative estimate of drug-likeness (QED) is 0.327. The molecule has 0 aliphatic carbocycles. The third-order valence-corrected chi connectivity index (χ3v) is 7.29. The van der Waals surface area contributed by atoms with E-state index in [0.717, 1.165) is 50.1 Å². The van der Waals surface area contributed by atoms with Crippen LogP contribution in [0, 0.1) is 11.8 Å². The maximum Gasteiger partial charge on any atom is 0.234 e. The van der Waals surface area contributed by atoms with Gasteiger partial charge in [0.2, 0.25) is 11.8 Å². The van der Waals surface area contributed by atoms with Crippen LogP contribution in [0.25, 0.3) is 10.4 Å². The summed E-state index contributed by atoms with van der Waals surface area (Å²) in [7, 11) is 0. The summed E-state index contributed by atoms with van der Waals surface area (Å²) in [6.07, 6.45) is 5.92. The smallest absolute Gasteiger partial charge is 0.234 e. The van der Waals surface area contributed by atoms with Gasteiger partial charge in [0.1, 0.15) is 0 Å². The maximum absolute atomic E-state index is 12.2. The summed E-state index contributed by atoms with van der Waals surface area (Å²) < 4.78 is 0. The summed E-state index contributed by atoms with van der Waals surface area (Å²) >= 11 is 0. The Labute approximate surface area is 183 Å². The number of anilines is 1. The van der Waals surface area contributed by atoms with Crippen molar-refractivity contribution in [1.82, 2.24) is 10.2 Å². The average molecular weight is 425 g/mol. The number of piperidine rings is 3. The first-order chi connectivity index (χ1) is 15.1. The molecule has 1 N–H and O–H groups in total. The van der Waals surface area contributed by atoms with E-state index >= 15 is 0 Å².